The van der Waals surface area contributed by atoms with E-state index in [0.717, 1.165) is 0 Å². The summed E-state index contributed by atoms with van der Waals surface area (Å²) in [5.74, 6) is 0.499. The molecule has 1 heterocycles. The highest BCUT2D eigenvalue weighted by molar-refractivity contribution is 5.88. The summed E-state index contributed by atoms with van der Waals surface area (Å²) in [4.78, 5) is 24.0. The summed E-state index contributed by atoms with van der Waals surface area (Å²) in [6.07, 6.45) is 0. The fraction of sp³-hybridized carbons (Fsp3) is 0.105. The average Bonchev–Trinajstić information content (AvgIpc) is 2.65. The molecule has 0 unspecified atom stereocenters. The molecular formula is C19H16N2O4. The minimum atomic E-state index is -0.621. The smallest absolute Gasteiger partial charge is 0.364 e. The molecule has 0 saturated heterocycles. The average molecular weight is 336 g/mol. The van der Waals surface area contributed by atoms with Gasteiger partial charge < -0.3 is 9.47 Å². The van der Waals surface area contributed by atoms with Crippen LogP contribution in [0.2, 0.25) is 0 Å². The molecule has 1 aromatic heterocycles. The second kappa shape index (κ2) is 7.92. The van der Waals surface area contributed by atoms with E-state index >= 15 is 0 Å². The molecule has 3 aromatic rings. The van der Waals surface area contributed by atoms with Gasteiger partial charge in [0.25, 0.3) is 5.56 Å². The van der Waals surface area contributed by atoms with Crippen molar-refractivity contribution < 1.29 is 14.3 Å². The molecule has 126 valence electrons. The van der Waals surface area contributed by atoms with Gasteiger partial charge in [0.05, 0.1) is 6.54 Å². The number of hydrogen-bond acceptors (Lipinski definition) is 5. The van der Waals surface area contributed by atoms with Gasteiger partial charge in [-0.25, -0.2) is 9.48 Å². The van der Waals surface area contributed by atoms with E-state index in [1.165, 1.54) is 16.8 Å². The first-order valence-corrected chi connectivity index (χ1v) is 7.75. The number of carbonyl (C=O) groups is 1. The van der Waals surface area contributed by atoms with Crippen molar-refractivity contribution in [1.82, 2.24) is 9.78 Å². The summed E-state index contributed by atoms with van der Waals surface area (Å²) in [6, 6.07) is 20.6. The van der Waals surface area contributed by atoms with Crippen LogP contribution in [0.3, 0.4) is 0 Å². The second-order valence-corrected chi connectivity index (χ2v) is 5.14. The van der Waals surface area contributed by atoms with Crippen molar-refractivity contribution in [2.24, 2.45) is 0 Å². The van der Waals surface area contributed by atoms with Gasteiger partial charge in [0, 0.05) is 6.07 Å². The number of rotatable bonds is 6. The van der Waals surface area contributed by atoms with Crippen molar-refractivity contribution in [3.05, 3.63) is 88.8 Å². The van der Waals surface area contributed by atoms with E-state index in [0.29, 0.717) is 11.5 Å². The van der Waals surface area contributed by atoms with Gasteiger partial charge in [-0.2, -0.15) is 5.10 Å². The maximum absolute atomic E-state index is 12.1. The number of hydrogen-bond donors (Lipinski definition) is 0. The van der Waals surface area contributed by atoms with Crippen LogP contribution in [-0.2, 0) is 6.54 Å². The topological polar surface area (TPSA) is 70.4 Å². The summed E-state index contributed by atoms with van der Waals surface area (Å²) in [5.41, 5.74) is -0.254. The molecule has 25 heavy (non-hydrogen) atoms. The lowest BCUT2D eigenvalue weighted by atomic mass is 10.3. The van der Waals surface area contributed by atoms with Gasteiger partial charge in [-0.05, 0) is 30.3 Å². The molecule has 2 aromatic carbocycles. The standard InChI is InChI=1S/C19H16N2O4/c22-18-12-11-17(19(23)25-16-9-5-2-6-10-16)20-21(18)13-14-24-15-7-3-1-4-8-15/h1-12H,13-14H2. The SMILES string of the molecule is O=C(Oc1ccccc1)c1ccc(=O)n(CCOc2ccccc2)n1. The molecule has 0 aliphatic rings. The third-order valence-electron chi connectivity index (χ3n) is 3.34. The highest BCUT2D eigenvalue weighted by atomic mass is 16.5. The van der Waals surface area contributed by atoms with Crippen LogP contribution in [0.25, 0.3) is 0 Å². The molecule has 0 fully saturated rings. The monoisotopic (exact) mass is 336 g/mol. The molecule has 0 bridgehead atoms. The number of para-hydroxylation sites is 2. The highest BCUT2D eigenvalue weighted by Gasteiger charge is 2.12. The van der Waals surface area contributed by atoms with Crippen LogP contribution >= 0.6 is 0 Å². The lowest BCUT2D eigenvalue weighted by Gasteiger charge is -2.08. The van der Waals surface area contributed by atoms with Crippen molar-refractivity contribution >= 4 is 5.97 Å². The Morgan fingerprint density at radius 1 is 0.880 bits per heavy atom. The van der Waals surface area contributed by atoms with Crippen molar-refractivity contribution in [3.8, 4) is 11.5 Å². The number of benzene rings is 2. The molecule has 0 atom stereocenters. The lowest BCUT2D eigenvalue weighted by Crippen LogP contribution is -2.27. The second-order valence-electron chi connectivity index (χ2n) is 5.14. The quantitative estimate of drug-likeness (QED) is 0.511. The zero-order chi connectivity index (χ0) is 17.5. The maximum atomic E-state index is 12.1. The molecule has 6 nitrogen and oxygen atoms in total. The first kappa shape index (κ1) is 16.4. The molecule has 0 saturated carbocycles. The largest absolute Gasteiger partial charge is 0.492 e. The molecule has 0 aliphatic heterocycles. The molecule has 0 aliphatic carbocycles. The predicted molar refractivity (Wildman–Crippen MR) is 91.8 cm³/mol. The van der Waals surface area contributed by atoms with Gasteiger partial charge in [-0.1, -0.05) is 36.4 Å². The first-order chi connectivity index (χ1) is 12.2. The van der Waals surface area contributed by atoms with E-state index in [9.17, 15) is 9.59 Å². The molecule has 0 N–H and O–H groups in total. The minimum Gasteiger partial charge on any atom is -0.492 e. The van der Waals surface area contributed by atoms with Crippen molar-refractivity contribution in [2.75, 3.05) is 6.61 Å². The van der Waals surface area contributed by atoms with Gasteiger partial charge in [0.15, 0.2) is 5.69 Å². The van der Waals surface area contributed by atoms with Gasteiger partial charge in [-0.15, -0.1) is 0 Å². The molecular weight excluding hydrogens is 320 g/mol. The lowest BCUT2D eigenvalue weighted by molar-refractivity contribution is 0.0725. The Labute approximate surface area is 144 Å². The van der Waals surface area contributed by atoms with Crippen molar-refractivity contribution in [1.29, 1.82) is 0 Å². The van der Waals surface area contributed by atoms with Crippen LogP contribution in [0.4, 0.5) is 0 Å². The Morgan fingerprint density at radius 2 is 1.52 bits per heavy atom. The van der Waals surface area contributed by atoms with Crippen LogP contribution in [0.5, 0.6) is 11.5 Å². The highest BCUT2D eigenvalue weighted by Crippen LogP contribution is 2.10. The van der Waals surface area contributed by atoms with E-state index in [-0.39, 0.29) is 24.4 Å². The summed E-state index contributed by atoms with van der Waals surface area (Å²) < 4.78 is 12.0. The third kappa shape index (κ3) is 4.54. The number of nitrogens with zero attached hydrogens (tertiary/aromatic N) is 2. The van der Waals surface area contributed by atoms with E-state index in [4.69, 9.17) is 9.47 Å². The Balaban J connectivity index is 1.65. The Bertz CT molecular complexity index is 892. The Kier molecular flexibility index (Phi) is 5.21. The molecule has 6 heteroatoms. The normalized spacial score (nSPS) is 10.2. The van der Waals surface area contributed by atoms with Gasteiger partial charge in [0.2, 0.25) is 0 Å². The van der Waals surface area contributed by atoms with Crippen LogP contribution in [0.15, 0.2) is 77.6 Å². The van der Waals surface area contributed by atoms with E-state index in [2.05, 4.69) is 5.10 Å². The summed E-state index contributed by atoms with van der Waals surface area (Å²) >= 11 is 0. The fourth-order valence-electron chi connectivity index (χ4n) is 2.13. The minimum absolute atomic E-state index is 0.0585. The zero-order valence-corrected chi connectivity index (χ0v) is 13.4. The van der Waals surface area contributed by atoms with Crippen LogP contribution in [0, 0.1) is 0 Å². The third-order valence-corrected chi connectivity index (χ3v) is 3.34. The van der Waals surface area contributed by atoms with Crippen LogP contribution in [0.1, 0.15) is 10.5 Å². The van der Waals surface area contributed by atoms with E-state index in [1.54, 1.807) is 24.3 Å². The van der Waals surface area contributed by atoms with Gasteiger partial charge >= 0.3 is 5.97 Å². The summed E-state index contributed by atoms with van der Waals surface area (Å²) in [7, 11) is 0. The summed E-state index contributed by atoms with van der Waals surface area (Å²) in [5, 5.41) is 4.05. The molecule has 0 radical (unpaired) electrons. The fourth-order valence-corrected chi connectivity index (χ4v) is 2.13. The summed E-state index contributed by atoms with van der Waals surface area (Å²) in [6.45, 7) is 0.480. The van der Waals surface area contributed by atoms with Crippen LogP contribution in [-0.4, -0.2) is 22.4 Å². The zero-order valence-electron chi connectivity index (χ0n) is 13.4. The van der Waals surface area contributed by atoms with Crippen LogP contribution < -0.4 is 15.0 Å². The van der Waals surface area contributed by atoms with E-state index in [1.807, 2.05) is 36.4 Å². The molecule has 3 rings (SSSR count). The van der Waals surface area contributed by atoms with Gasteiger partial charge in [-0.3, -0.25) is 4.79 Å². The number of aromatic nitrogens is 2. The maximum Gasteiger partial charge on any atom is 0.364 e. The van der Waals surface area contributed by atoms with Gasteiger partial charge in [0.1, 0.15) is 18.1 Å². The number of carbonyl (C=O) groups excluding carboxylic acids is 1. The number of esters is 1. The Hall–Kier alpha value is -3.41. The predicted octanol–water partition coefficient (Wildman–Crippen LogP) is 2.54. The number of ether oxygens (including phenoxy) is 2. The Morgan fingerprint density at radius 3 is 2.20 bits per heavy atom. The van der Waals surface area contributed by atoms with E-state index < -0.39 is 5.97 Å². The van der Waals surface area contributed by atoms with Crippen molar-refractivity contribution in [3.63, 3.8) is 0 Å². The van der Waals surface area contributed by atoms with Crippen molar-refractivity contribution in [2.45, 2.75) is 6.54 Å². The molecule has 0 spiro atoms. The molecule has 0 amide bonds. The first-order valence-electron chi connectivity index (χ1n) is 7.75.